The number of benzene rings is 2. The zero-order valence-electron chi connectivity index (χ0n) is 15.0. The second-order valence-electron chi connectivity index (χ2n) is 6.14. The topological polar surface area (TPSA) is 86.0 Å². The first-order valence-corrected chi connectivity index (χ1v) is 8.50. The summed E-state index contributed by atoms with van der Waals surface area (Å²) < 4.78 is 1.84. The van der Waals surface area contributed by atoms with Crippen LogP contribution in [-0.4, -0.2) is 20.3 Å². The third-order valence-electron chi connectivity index (χ3n) is 4.23. The fourth-order valence-corrected chi connectivity index (χ4v) is 2.60. The van der Waals surface area contributed by atoms with Crippen molar-refractivity contribution in [3.63, 3.8) is 0 Å². The SMILES string of the molecule is Cc1ccc(NC(=O)c2nn(-c3ccc(Cl)cc3)c(=O)n(C)c2=O)cc1C. The largest absolute Gasteiger partial charge is 0.351 e. The maximum absolute atomic E-state index is 12.6. The molecule has 1 N–H and O–H groups in total. The van der Waals surface area contributed by atoms with Gasteiger partial charge >= 0.3 is 5.69 Å². The lowest BCUT2D eigenvalue weighted by atomic mass is 10.1. The van der Waals surface area contributed by atoms with E-state index in [9.17, 15) is 14.4 Å². The minimum absolute atomic E-state index is 0.384. The third kappa shape index (κ3) is 3.68. The van der Waals surface area contributed by atoms with Crippen LogP contribution in [0.2, 0.25) is 5.02 Å². The summed E-state index contributed by atoms with van der Waals surface area (Å²) in [5.74, 6) is -0.693. The number of nitrogens with zero attached hydrogens (tertiary/aromatic N) is 3. The van der Waals surface area contributed by atoms with E-state index in [1.165, 1.54) is 7.05 Å². The molecule has 0 saturated carbocycles. The Hall–Kier alpha value is -3.19. The van der Waals surface area contributed by atoms with Gasteiger partial charge in [0.25, 0.3) is 11.5 Å². The minimum atomic E-state index is -0.772. The van der Waals surface area contributed by atoms with Crippen molar-refractivity contribution >= 4 is 23.2 Å². The van der Waals surface area contributed by atoms with E-state index in [0.29, 0.717) is 16.4 Å². The number of carbonyl (C=O) groups excluding carboxylic acids is 1. The van der Waals surface area contributed by atoms with Gasteiger partial charge in [0.1, 0.15) is 0 Å². The summed E-state index contributed by atoms with van der Waals surface area (Å²) in [7, 11) is 1.30. The van der Waals surface area contributed by atoms with Gasteiger partial charge in [-0.3, -0.25) is 14.2 Å². The lowest BCUT2D eigenvalue weighted by Crippen LogP contribution is -2.43. The molecule has 7 nitrogen and oxygen atoms in total. The van der Waals surface area contributed by atoms with Gasteiger partial charge in [-0.05, 0) is 61.4 Å². The van der Waals surface area contributed by atoms with E-state index in [4.69, 9.17) is 11.6 Å². The fourth-order valence-electron chi connectivity index (χ4n) is 2.48. The molecule has 0 fully saturated rings. The van der Waals surface area contributed by atoms with Crippen molar-refractivity contribution in [2.75, 3.05) is 5.32 Å². The van der Waals surface area contributed by atoms with Gasteiger partial charge < -0.3 is 5.32 Å². The first kappa shape index (κ1) is 18.6. The Bertz CT molecular complexity index is 1150. The van der Waals surface area contributed by atoms with Crippen LogP contribution in [0.25, 0.3) is 5.69 Å². The smallest absolute Gasteiger partial charge is 0.320 e. The average Bonchev–Trinajstić information content (AvgIpc) is 2.64. The fraction of sp³-hybridized carbons (Fsp3) is 0.158. The number of aryl methyl sites for hydroxylation is 2. The molecule has 8 heteroatoms. The highest BCUT2D eigenvalue weighted by Crippen LogP contribution is 2.15. The Morgan fingerprint density at radius 2 is 1.70 bits per heavy atom. The van der Waals surface area contributed by atoms with Gasteiger partial charge in [-0.1, -0.05) is 17.7 Å². The van der Waals surface area contributed by atoms with Crippen LogP contribution in [0.3, 0.4) is 0 Å². The molecule has 0 bridgehead atoms. The molecule has 0 atom stereocenters. The highest BCUT2D eigenvalue weighted by molar-refractivity contribution is 6.30. The molecule has 0 radical (unpaired) electrons. The first-order valence-electron chi connectivity index (χ1n) is 8.13. The van der Waals surface area contributed by atoms with Gasteiger partial charge in [0.15, 0.2) is 0 Å². The standard InChI is InChI=1S/C19H17ClN4O3/c1-11-4-7-14(10-12(11)2)21-17(25)16-18(26)23(3)19(27)24(22-16)15-8-5-13(20)6-9-15/h4-10H,1-3H3,(H,21,25). The number of rotatable bonds is 3. The summed E-state index contributed by atoms with van der Waals surface area (Å²) in [4.78, 5) is 37.4. The molecule has 0 aliphatic rings. The third-order valence-corrected chi connectivity index (χ3v) is 4.48. The van der Waals surface area contributed by atoms with Crippen molar-refractivity contribution in [3.05, 3.63) is 85.1 Å². The van der Waals surface area contributed by atoms with E-state index in [1.807, 2.05) is 19.9 Å². The Balaban J connectivity index is 2.05. The summed E-state index contributed by atoms with van der Waals surface area (Å²) >= 11 is 5.86. The Kier molecular flexibility index (Phi) is 4.96. The minimum Gasteiger partial charge on any atom is -0.320 e. The van der Waals surface area contributed by atoms with E-state index in [1.54, 1.807) is 36.4 Å². The van der Waals surface area contributed by atoms with Crippen LogP contribution in [0.4, 0.5) is 5.69 Å². The first-order chi connectivity index (χ1) is 12.8. The zero-order valence-corrected chi connectivity index (χ0v) is 15.7. The molecule has 0 saturated heterocycles. The predicted octanol–water partition coefficient (Wildman–Crippen LogP) is 2.45. The molecule has 3 aromatic rings. The summed E-state index contributed by atoms with van der Waals surface area (Å²) in [6, 6.07) is 11.7. The molecule has 138 valence electrons. The number of hydrogen-bond acceptors (Lipinski definition) is 4. The average molecular weight is 385 g/mol. The molecule has 0 aliphatic carbocycles. The second kappa shape index (κ2) is 7.20. The van der Waals surface area contributed by atoms with Gasteiger partial charge in [0, 0.05) is 17.8 Å². The predicted molar refractivity (Wildman–Crippen MR) is 104 cm³/mol. The lowest BCUT2D eigenvalue weighted by Gasteiger charge is -2.10. The molecule has 1 aromatic heterocycles. The van der Waals surface area contributed by atoms with Crippen molar-refractivity contribution in [2.24, 2.45) is 7.05 Å². The summed E-state index contributed by atoms with van der Waals surface area (Å²) in [5.41, 5.74) is 1.19. The molecule has 0 aliphatic heterocycles. The molecular weight excluding hydrogens is 368 g/mol. The molecule has 3 rings (SSSR count). The number of carbonyl (C=O) groups is 1. The quantitative estimate of drug-likeness (QED) is 0.751. The molecule has 0 unspecified atom stereocenters. The van der Waals surface area contributed by atoms with E-state index in [-0.39, 0.29) is 5.69 Å². The highest BCUT2D eigenvalue weighted by atomic mass is 35.5. The van der Waals surface area contributed by atoms with Crippen LogP contribution in [0.5, 0.6) is 0 Å². The lowest BCUT2D eigenvalue weighted by molar-refractivity contribution is 0.101. The number of amides is 1. The second-order valence-corrected chi connectivity index (χ2v) is 6.57. The zero-order chi connectivity index (χ0) is 19.7. The van der Waals surface area contributed by atoms with Crippen LogP contribution in [-0.2, 0) is 7.05 Å². The van der Waals surface area contributed by atoms with Gasteiger partial charge in [-0.25, -0.2) is 4.79 Å². The van der Waals surface area contributed by atoms with Crippen molar-refractivity contribution < 1.29 is 4.79 Å². The van der Waals surface area contributed by atoms with Gasteiger partial charge in [-0.2, -0.15) is 9.78 Å². The molecule has 2 aromatic carbocycles. The summed E-state index contributed by atoms with van der Waals surface area (Å²) in [6.07, 6.45) is 0. The number of halogens is 1. The van der Waals surface area contributed by atoms with Crippen LogP contribution < -0.4 is 16.6 Å². The van der Waals surface area contributed by atoms with Crippen molar-refractivity contribution in [1.29, 1.82) is 0 Å². The number of aromatic nitrogens is 3. The van der Waals surface area contributed by atoms with E-state index >= 15 is 0 Å². The monoisotopic (exact) mass is 384 g/mol. The Morgan fingerprint density at radius 3 is 2.33 bits per heavy atom. The molecule has 27 heavy (non-hydrogen) atoms. The number of nitrogens with one attached hydrogen (secondary N) is 1. The van der Waals surface area contributed by atoms with E-state index in [0.717, 1.165) is 20.4 Å². The van der Waals surface area contributed by atoms with Crippen LogP contribution in [0.15, 0.2) is 52.1 Å². The van der Waals surface area contributed by atoms with Gasteiger partial charge in [0.05, 0.1) is 5.69 Å². The summed E-state index contributed by atoms with van der Waals surface area (Å²) in [5, 5.41) is 7.12. The van der Waals surface area contributed by atoms with E-state index in [2.05, 4.69) is 10.4 Å². The molecular formula is C19H17ClN4O3. The highest BCUT2D eigenvalue weighted by Gasteiger charge is 2.19. The van der Waals surface area contributed by atoms with Crippen molar-refractivity contribution in [1.82, 2.24) is 14.3 Å². The van der Waals surface area contributed by atoms with Crippen LogP contribution >= 0.6 is 11.6 Å². The summed E-state index contributed by atoms with van der Waals surface area (Å²) in [6.45, 7) is 3.88. The molecule has 0 spiro atoms. The Morgan fingerprint density at radius 1 is 1.04 bits per heavy atom. The van der Waals surface area contributed by atoms with E-state index < -0.39 is 17.2 Å². The van der Waals surface area contributed by atoms with Gasteiger partial charge in [-0.15, -0.1) is 0 Å². The van der Waals surface area contributed by atoms with Crippen molar-refractivity contribution in [3.8, 4) is 5.69 Å². The van der Waals surface area contributed by atoms with Crippen molar-refractivity contribution in [2.45, 2.75) is 13.8 Å². The number of hydrogen-bond donors (Lipinski definition) is 1. The number of anilines is 1. The van der Waals surface area contributed by atoms with Gasteiger partial charge in [0.2, 0.25) is 5.69 Å². The Labute approximate surface area is 159 Å². The maximum Gasteiger partial charge on any atom is 0.351 e. The normalized spacial score (nSPS) is 10.7. The molecule has 1 amide bonds. The van der Waals surface area contributed by atoms with Crippen LogP contribution in [0, 0.1) is 13.8 Å². The van der Waals surface area contributed by atoms with Crippen LogP contribution in [0.1, 0.15) is 21.6 Å². The molecule has 1 heterocycles. The maximum atomic E-state index is 12.6.